The first kappa shape index (κ1) is 14.5. The number of nitrogens with one attached hydrogen (secondary N) is 1. The molecule has 0 spiro atoms. The molecule has 0 bridgehead atoms. The number of hydrogen-bond donors (Lipinski definition) is 2. The van der Waals surface area contributed by atoms with E-state index in [1.165, 1.54) is 6.07 Å². The minimum absolute atomic E-state index is 0.0771. The van der Waals surface area contributed by atoms with Gasteiger partial charge in [0, 0.05) is 13.1 Å². The Morgan fingerprint density at radius 2 is 2.05 bits per heavy atom. The second-order valence-corrected chi connectivity index (χ2v) is 5.17. The van der Waals surface area contributed by atoms with Gasteiger partial charge in [-0.2, -0.15) is 0 Å². The Hall–Kier alpha value is -1.88. The molecule has 1 aliphatic heterocycles. The molecular formula is C15H20N2O3. The molecule has 1 atom stereocenters. The van der Waals surface area contributed by atoms with E-state index in [1.807, 2.05) is 7.05 Å². The molecule has 108 valence electrons. The van der Waals surface area contributed by atoms with Crippen LogP contribution >= 0.6 is 0 Å². The van der Waals surface area contributed by atoms with E-state index in [2.05, 4.69) is 5.32 Å². The van der Waals surface area contributed by atoms with Gasteiger partial charge in [-0.05, 0) is 44.5 Å². The number of carboxylic acid groups (broad SMARTS) is 1. The van der Waals surface area contributed by atoms with Gasteiger partial charge in [-0.25, -0.2) is 4.79 Å². The van der Waals surface area contributed by atoms with E-state index >= 15 is 0 Å². The van der Waals surface area contributed by atoms with Crippen LogP contribution in [0.1, 0.15) is 33.6 Å². The van der Waals surface area contributed by atoms with Gasteiger partial charge in [0.05, 0.1) is 11.1 Å². The van der Waals surface area contributed by atoms with Crippen molar-refractivity contribution in [3.63, 3.8) is 0 Å². The van der Waals surface area contributed by atoms with Crippen LogP contribution in [-0.4, -0.2) is 48.6 Å². The van der Waals surface area contributed by atoms with Gasteiger partial charge >= 0.3 is 5.97 Å². The molecule has 2 N–H and O–H groups in total. The average molecular weight is 276 g/mol. The number of carbonyl (C=O) groups is 2. The molecule has 0 aliphatic carbocycles. The number of likely N-dealkylation sites (tertiary alicyclic amines) is 1. The second-order valence-electron chi connectivity index (χ2n) is 5.17. The largest absolute Gasteiger partial charge is 0.478 e. The highest BCUT2D eigenvalue weighted by Gasteiger charge is 2.26. The smallest absolute Gasteiger partial charge is 0.336 e. The zero-order chi connectivity index (χ0) is 14.5. The summed E-state index contributed by atoms with van der Waals surface area (Å²) in [5.74, 6) is -0.795. The predicted octanol–water partition coefficient (Wildman–Crippen LogP) is 1.46. The Bertz CT molecular complexity index is 500. The number of piperidine rings is 1. The zero-order valence-corrected chi connectivity index (χ0v) is 11.6. The van der Waals surface area contributed by atoms with Crippen molar-refractivity contribution in [1.29, 1.82) is 0 Å². The first-order valence-corrected chi connectivity index (χ1v) is 6.89. The minimum atomic E-state index is -1.06. The van der Waals surface area contributed by atoms with Gasteiger partial charge in [-0.1, -0.05) is 12.1 Å². The molecule has 1 amide bonds. The molecule has 0 radical (unpaired) electrons. The Balaban J connectivity index is 2.17. The highest BCUT2D eigenvalue weighted by Crippen LogP contribution is 2.19. The number of amides is 1. The first-order valence-electron chi connectivity index (χ1n) is 6.89. The summed E-state index contributed by atoms with van der Waals surface area (Å²) in [6, 6.07) is 6.41. The van der Waals surface area contributed by atoms with E-state index in [0.29, 0.717) is 19.0 Å². The van der Waals surface area contributed by atoms with Crippen LogP contribution < -0.4 is 5.32 Å². The molecule has 1 saturated heterocycles. The fourth-order valence-electron chi connectivity index (χ4n) is 2.73. The lowest BCUT2D eigenvalue weighted by Gasteiger charge is -2.33. The lowest BCUT2D eigenvalue weighted by atomic mass is 9.96. The van der Waals surface area contributed by atoms with E-state index < -0.39 is 5.97 Å². The SMILES string of the molecule is CNCC1CCCN(C(=O)c2ccccc2C(=O)O)C1. The van der Waals surface area contributed by atoms with Gasteiger partial charge in [0.15, 0.2) is 0 Å². The fraction of sp³-hybridized carbons (Fsp3) is 0.467. The third kappa shape index (κ3) is 3.17. The number of rotatable bonds is 4. The molecule has 2 rings (SSSR count). The molecule has 20 heavy (non-hydrogen) atoms. The van der Waals surface area contributed by atoms with Crippen LogP contribution in [0.15, 0.2) is 24.3 Å². The van der Waals surface area contributed by atoms with Crippen LogP contribution in [0.3, 0.4) is 0 Å². The molecule has 0 aromatic heterocycles. The summed E-state index contributed by atoms with van der Waals surface area (Å²) in [6.45, 7) is 2.27. The lowest BCUT2D eigenvalue weighted by Crippen LogP contribution is -2.42. The van der Waals surface area contributed by atoms with Gasteiger partial charge in [0.1, 0.15) is 0 Å². The van der Waals surface area contributed by atoms with Crippen molar-refractivity contribution in [1.82, 2.24) is 10.2 Å². The van der Waals surface area contributed by atoms with Crippen LogP contribution in [0, 0.1) is 5.92 Å². The third-order valence-electron chi connectivity index (χ3n) is 3.69. The number of hydrogen-bond acceptors (Lipinski definition) is 3. The van der Waals surface area contributed by atoms with E-state index in [1.54, 1.807) is 23.1 Å². The van der Waals surface area contributed by atoms with Crippen molar-refractivity contribution >= 4 is 11.9 Å². The highest BCUT2D eigenvalue weighted by atomic mass is 16.4. The standard InChI is InChI=1S/C15H20N2O3/c1-16-9-11-5-4-8-17(10-11)14(18)12-6-2-3-7-13(12)15(19)20/h2-3,6-7,11,16H,4-5,8-10H2,1H3,(H,19,20). The fourth-order valence-corrected chi connectivity index (χ4v) is 2.73. The van der Waals surface area contributed by atoms with E-state index in [-0.39, 0.29) is 17.0 Å². The number of nitrogens with zero attached hydrogens (tertiary/aromatic N) is 1. The maximum atomic E-state index is 12.5. The maximum absolute atomic E-state index is 12.5. The molecule has 1 aromatic rings. The van der Waals surface area contributed by atoms with Crippen molar-refractivity contribution < 1.29 is 14.7 Å². The van der Waals surface area contributed by atoms with Gasteiger partial charge in [-0.3, -0.25) is 4.79 Å². The van der Waals surface area contributed by atoms with Crippen molar-refractivity contribution in [3.8, 4) is 0 Å². The molecule has 0 saturated carbocycles. The Kier molecular flexibility index (Phi) is 4.74. The topological polar surface area (TPSA) is 69.6 Å². The number of aromatic carboxylic acids is 1. The Morgan fingerprint density at radius 3 is 2.70 bits per heavy atom. The van der Waals surface area contributed by atoms with E-state index in [4.69, 9.17) is 5.11 Å². The molecule has 1 heterocycles. The summed E-state index contributed by atoms with van der Waals surface area (Å²) >= 11 is 0. The van der Waals surface area contributed by atoms with E-state index in [9.17, 15) is 9.59 Å². The molecule has 1 unspecified atom stereocenters. The molecule has 1 aromatic carbocycles. The average Bonchev–Trinajstić information content (AvgIpc) is 2.47. The second kappa shape index (κ2) is 6.52. The lowest BCUT2D eigenvalue weighted by molar-refractivity contribution is 0.0642. The van der Waals surface area contributed by atoms with Crippen LogP contribution in [0.25, 0.3) is 0 Å². The van der Waals surface area contributed by atoms with Gasteiger partial charge in [0.25, 0.3) is 5.91 Å². The molecule has 5 heteroatoms. The number of benzene rings is 1. The zero-order valence-electron chi connectivity index (χ0n) is 11.6. The normalized spacial score (nSPS) is 18.9. The van der Waals surface area contributed by atoms with Gasteiger partial charge < -0.3 is 15.3 Å². The number of carboxylic acids is 1. The summed E-state index contributed by atoms with van der Waals surface area (Å²) in [5, 5.41) is 12.3. The quantitative estimate of drug-likeness (QED) is 0.873. The molecule has 1 aliphatic rings. The molecule has 1 fully saturated rings. The van der Waals surface area contributed by atoms with Crippen molar-refractivity contribution in [2.75, 3.05) is 26.7 Å². The summed E-state index contributed by atoms with van der Waals surface area (Å²) < 4.78 is 0. The van der Waals surface area contributed by atoms with Crippen molar-refractivity contribution in [2.24, 2.45) is 5.92 Å². The summed E-state index contributed by atoms with van der Waals surface area (Å²) in [4.78, 5) is 25.5. The first-order chi connectivity index (χ1) is 9.63. The summed E-state index contributed by atoms with van der Waals surface area (Å²) in [7, 11) is 1.90. The van der Waals surface area contributed by atoms with Crippen molar-refractivity contribution in [3.05, 3.63) is 35.4 Å². The predicted molar refractivity (Wildman–Crippen MR) is 76.0 cm³/mol. The van der Waals surface area contributed by atoms with E-state index in [0.717, 1.165) is 19.4 Å². The van der Waals surface area contributed by atoms with Crippen LogP contribution in [0.5, 0.6) is 0 Å². The summed E-state index contributed by atoms with van der Waals surface area (Å²) in [6.07, 6.45) is 2.07. The minimum Gasteiger partial charge on any atom is -0.478 e. The van der Waals surface area contributed by atoms with Crippen LogP contribution in [-0.2, 0) is 0 Å². The molecule has 5 nitrogen and oxygen atoms in total. The Labute approximate surface area is 118 Å². The highest BCUT2D eigenvalue weighted by molar-refractivity contribution is 6.04. The molecular weight excluding hydrogens is 256 g/mol. The van der Waals surface area contributed by atoms with Gasteiger partial charge in [0.2, 0.25) is 0 Å². The van der Waals surface area contributed by atoms with Gasteiger partial charge in [-0.15, -0.1) is 0 Å². The maximum Gasteiger partial charge on any atom is 0.336 e. The van der Waals surface area contributed by atoms with Crippen LogP contribution in [0.2, 0.25) is 0 Å². The summed E-state index contributed by atoms with van der Waals surface area (Å²) in [5.41, 5.74) is 0.360. The van der Waals surface area contributed by atoms with Crippen LogP contribution in [0.4, 0.5) is 0 Å². The number of carbonyl (C=O) groups excluding carboxylic acids is 1. The van der Waals surface area contributed by atoms with Crippen molar-refractivity contribution in [2.45, 2.75) is 12.8 Å². The monoisotopic (exact) mass is 276 g/mol. The Morgan fingerprint density at radius 1 is 1.35 bits per heavy atom. The third-order valence-corrected chi connectivity index (χ3v) is 3.69.